The maximum atomic E-state index is 8.83. The Morgan fingerprint density at radius 1 is 1.29 bits per heavy atom. The van der Waals surface area contributed by atoms with Crippen molar-refractivity contribution in [3.8, 4) is 6.07 Å². The molecule has 2 rings (SSSR count). The molecule has 17 heavy (non-hydrogen) atoms. The second kappa shape index (κ2) is 4.67. The molecule has 0 aliphatic carbocycles. The van der Waals surface area contributed by atoms with Crippen molar-refractivity contribution in [2.24, 2.45) is 11.8 Å². The summed E-state index contributed by atoms with van der Waals surface area (Å²) < 4.78 is 0. The Labute approximate surface area is 103 Å². The van der Waals surface area contributed by atoms with E-state index in [4.69, 9.17) is 11.0 Å². The van der Waals surface area contributed by atoms with E-state index in [9.17, 15) is 0 Å². The van der Waals surface area contributed by atoms with Gasteiger partial charge in [-0.2, -0.15) is 5.26 Å². The second-order valence-electron chi connectivity index (χ2n) is 5.24. The predicted octanol–water partition coefficient (Wildman–Crippen LogP) is 2.62. The van der Waals surface area contributed by atoms with Gasteiger partial charge in [-0.25, -0.2) is 0 Å². The molecule has 0 unspecified atom stereocenters. The average Bonchev–Trinajstić information content (AvgIpc) is 2.27. The summed E-state index contributed by atoms with van der Waals surface area (Å²) in [5.74, 6) is 1.41. The number of nitrogens with zero attached hydrogens (tertiary/aromatic N) is 2. The molecule has 0 saturated carbocycles. The van der Waals surface area contributed by atoms with Crippen molar-refractivity contribution >= 4 is 11.4 Å². The Balaban J connectivity index is 2.25. The van der Waals surface area contributed by atoms with Crippen LogP contribution in [0.4, 0.5) is 11.4 Å². The first-order chi connectivity index (χ1) is 8.10. The maximum Gasteiger partial charge on any atom is 0.0992 e. The van der Waals surface area contributed by atoms with Crippen LogP contribution in [0.5, 0.6) is 0 Å². The van der Waals surface area contributed by atoms with Gasteiger partial charge in [0.15, 0.2) is 0 Å². The number of nitriles is 1. The fourth-order valence-electron chi connectivity index (χ4n) is 2.77. The fraction of sp³-hybridized carbons (Fsp3) is 0.500. The van der Waals surface area contributed by atoms with Crippen molar-refractivity contribution in [3.63, 3.8) is 0 Å². The second-order valence-corrected chi connectivity index (χ2v) is 5.24. The first kappa shape index (κ1) is 11.8. The Kier molecular flexibility index (Phi) is 3.23. The molecular formula is C14H19N3. The van der Waals surface area contributed by atoms with Gasteiger partial charge in [0, 0.05) is 13.1 Å². The van der Waals surface area contributed by atoms with Crippen LogP contribution >= 0.6 is 0 Å². The van der Waals surface area contributed by atoms with Crippen molar-refractivity contribution in [1.82, 2.24) is 0 Å². The molecule has 1 fully saturated rings. The van der Waals surface area contributed by atoms with E-state index < -0.39 is 0 Å². The fourth-order valence-corrected chi connectivity index (χ4v) is 2.77. The molecule has 0 amide bonds. The van der Waals surface area contributed by atoms with Gasteiger partial charge in [0.05, 0.1) is 23.0 Å². The van der Waals surface area contributed by atoms with E-state index in [0.717, 1.165) is 18.8 Å². The highest BCUT2D eigenvalue weighted by Gasteiger charge is 2.23. The lowest BCUT2D eigenvalue weighted by atomic mass is 9.91. The standard InChI is InChI=1S/C14H19N3/c1-10-5-11(2)9-17(8-10)14-4-3-12(7-15)6-13(14)16/h3-4,6,10-11H,5,8-9,16H2,1-2H3/t10-,11-/m1/s1. The summed E-state index contributed by atoms with van der Waals surface area (Å²) in [6, 6.07) is 7.69. The van der Waals surface area contributed by atoms with Crippen LogP contribution in [0.25, 0.3) is 0 Å². The number of rotatable bonds is 1. The number of hydrogen-bond donors (Lipinski definition) is 1. The minimum absolute atomic E-state index is 0.629. The molecule has 1 heterocycles. The SMILES string of the molecule is C[C@@H]1C[C@@H](C)CN(c2ccc(C#N)cc2N)C1. The van der Waals surface area contributed by atoms with E-state index in [1.165, 1.54) is 6.42 Å². The molecule has 0 aromatic heterocycles. The van der Waals surface area contributed by atoms with Gasteiger partial charge in [-0.15, -0.1) is 0 Å². The van der Waals surface area contributed by atoms with Crippen molar-refractivity contribution in [2.45, 2.75) is 20.3 Å². The Bertz CT molecular complexity index is 437. The van der Waals surface area contributed by atoms with Gasteiger partial charge in [-0.1, -0.05) is 13.8 Å². The zero-order valence-corrected chi connectivity index (χ0v) is 10.5. The largest absolute Gasteiger partial charge is 0.397 e. The molecule has 90 valence electrons. The average molecular weight is 229 g/mol. The third-order valence-corrected chi connectivity index (χ3v) is 3.37. The smallest absolute Gasteiger partial charge is 0.0992 e. The molecule has 1 aromatic rings. The Morgan fingerprint density at radius 3 is 2.47 bits per heavy atom. The molecule has 0 bridgehead atoms. The van der Waals surface area contributed by atoms with Gasteiger partial charge < -0.3 is 10.6 Å². The molecule has 0 spiro atoms. The highest BCUT2D eigenvalue weighted by molar-refractivity contribution is 5.69. The molecule has 1 aliphatic rings. The first-order valence-electron chi connectivity index (χ1n) is 6.14. The molecule has 1 saturated heterocycles. The maximum absolute atomic E-state index is 8.83. The van der Waals surface area contributed by atoms with Crippen LogP contribution in [0.3, 0.4) is 0 Å². The number of nitrogens with two attached hydrogens (primary N) is 1. The van der Waals surface area contributed by atoms with Gasteiger partial charge in [-0.05, 0) is 36.5 Å². The van der Waals surface area contributed by atoms with Crippen molar-refractivity contribution in [2.75, 3.05) is 23.7 Å². The topological polar surface area (TPSA) is 53.0 Å². The van der Waals surface area contributed by atoms with E-state index in [2.05, 4.69) is 24.8 Å². The van der Waals surface area contributed by atoms with E-state index in [0.29, 0.717) is 23.1 Å². The lowest BCUT2D eigenvalue weighted by Crippen LogP contribution is -2.39. The highest BCUT2D eigenvalue weighted by atomic mass is 15.1. The first-order valence-corrected chi connectivity index (χ1v) is 6.14. The summed E-state index contributed by atoms with van der Waals surface area (Å²) in [5.41, 5.74) is 8.44. The minimum atomic E-state index is 0.629. The predicted molar refractivity (Wildman–Crippen MR) is 70.7 cm³/mol. The van der Waals surface area contributed by atoms with Crippen molar-refractivity contribution < 1.29 is 0 Å². The number of hydrogen-bond acceptors (Lipinski definition) is 3. The highest BCUT2D eigenvalue weighted by Crippen LogP contribution is 2.30. The zero-order chi connectivity index (χ0) is 12.4. The summed E-state index contributed by atoms with van der Waals surface area (Å²) in [7, 11) is 0. The third kappa shape index (κ3) is 2.52. The monoisotopic (exact) mass is 229 g/mol. The number of anilines is 2. The minimum Gasteiger partial charge on any atom is -0.397 e. The van der Waals surface area contributed by atoms with Crippen LogP contribution in [0.1, 0.15) is 25.8 Å². The Hall–Kier alpha value is -1.69. The molecule has 3 heteroatoms. The van der Waals surface area contributed by atoms with Crippen molar-refractivity contribution in [3.05, 3.63) is 23.8 Å². The Morgan fingerprint density at radius 2 is 1.94 bits per heavy atom. The van der Waals surface area contributed by atoms with Crippen LogP contribution in [-0.4, -0.2) is 13.1 Å². The molecule has 1 aliphatic heterocycles. The van der Waals surface area contributed by atoms with Crippen LogP contribution in [-0.2, 0) is 0 Å². The summed E-state index contributed by atoms with van der Waals surface area (Å²) in [4.78, 5) is 2.34. The zero-order valence-electron chi connectivity index (χ0n) is 10.5. The van der Waals surface area contributed by atoms with E-state index >= 15 is 0 Å². The van der Waals surface area contributed by atoms with Crippen LogP contribution in [0.15, 0.2) is 18.2 Å². The molecule has 1 aromatic carbocycles. The molecule has 3 nitrogen and oxygen atoms in total. The molecule has 0 radical (unpaired) electrons. The van der Waals surface area contributed by atoms with Crippen LogP contribution in [0.2, 0.25) is 0 Å². The van der Waals surface area contributed by atoms with Crippen molar-refractivity contribution in [1.29, 1.82) is 5.26 Å². The quantitative estimate of drug-likeness (QED) is 0.753. The van der Waals surface area contributed by atoms with Gasteiger partial charge in [0.25, 0.3) is 0 Å². The van der Waals surface area contributed by atoms with Gasteiger partial charge in [-0.3, -0.25) is 0 Å². The van der Waals surface area contributed by atoms with Crippen LogP contribution in [0, 0.1) is 23.2 Å². The van der Waals surface area contributed by atoms with Gasteiger partial charge >= 0.3 is 0 Å². The van der Waals surface area contributed by atoms with E-state index in [-0.39, 0.29) is 0 Å². The van der Waals surface area contributed by atoms with E-state index in [1.807, 2.05) is 12.1 Å². The normalized spacial score (nSPS) is 24.4. The summed E-state index contributed by atoms with van der Waals surface area (Å²) in [6.07, 6.45) is 1.28. The molecule has 2 N–H and O–H groups in total. The number of nitrogen functional groups attached to an aromatic ring is 1. The molecule has 2 atom stereocenters. The number of benzene rings is 1. The summed E-state index contributed by atoms with van der Waals surface area (Å²) in [6.45, 7) is 6.67. The van der Waals surface area contributed by atoms with Crippen LogP contribution < -0.4 is 10.6 Å². The van der Waals surface area contributed by atoms with Gasteiger partial charge in [0.1, 0.15) is 0 Å². The summed E-state index contributed by atoms with van der Waals surface area (Å²) >= 11 is 0. The van der Waals surface area contributed by atoms with E-state index in [1.54, 1.807) is 6.07 Å². The lowest BCUT2D eigenvalue weighted by molar-refractivity contribution is 0.357. The lowest BCUT2D eigenvalue weighted by Gasteiger charge is -2.37. The number of piperidine rings is 1. The molecular weight excluding hydrogens is 210 g/mol. The summed E-state index contributed by atoms with van der Waals surface area (Å²) in [5, 5.41) is 8.83. The van der Waals surface area contributed by atoms with Gasteiger partial charge in [0.2, 0.25) is 0 Å². The third-order valence-electron chi connectivity index (χ3n) is 3.37.